The summed E-state index contributed by atoms with van der Waals surface area (Å²) in [6, 6.07) is 6.32. The molecule has 0 unspecified atom stereocenters. The fraction of sp³-hybridized carbons (Fsp3) is 0.300. The van der Waals surface area contributed by atoms with E-state index in [2.05, 4.69) is 0 Å². The Bertz CT molecular complexity index is 909. The van der Waals surface area contributed by atoms with Crippen LogP contribution in [0.1, 0.15) is 37.9 Å². The van der Waals surface area contributed by atoms with E-state index in [-0.39, 0.29) is 5.56 Å². The maximum Gasteiger partial charge on any atom is 0.343 e. The second-order valence-corrected chi connectivity index (χ2v) is 5.87. The molecule has 0 aromatic heterocycles. The van der Waals surface area contributed by atoms with E-state index in [1.54, 1.807) is 12.1 Å². The highest BCUT2D eigenvalue weighted by Gasteiger charge is 2.39. The molecule has 0 N–H and O–H groups in total. The quantitative estimate of drug-likeness (QED) is 0.698. The van der Waals surface area contributed by atoms with E-state index in [0.717, 1.165) is 0 Å². The molecule has 8 heteroatoms. The number of esters is 2. The van der Waals surface area contributed by atoms with Crippen LogP contribution >= 0.6 is 0 Å². The van der Waals surface area contributed by atoms with E-state index in [0.29, 0.717) is 39.7 Å². The third-order valence-electron chi connectivity index (χ3n) is 4.50. The summed E-state index contributed by atoms with van der Waals surface area (Å²) in [5.74, 6) is 0.379. The minimum absolute atomic E-state index is 0.243. The van der Waals surface area contributed by atoms with E-state index in [9.17, 15) is 9.59 Å². The van der Waals surface area contributed by atoms with Gasteiger partial charge in [0.2, 0.25) is 0 Å². The van der Waals surface area contributed by atoms with Gasteiger partial charge in [-0.15, -0.1) is 0 Å². The zero-order valence-electron chi connectivity index (χ0n) is 16.2. The molecule has 0 spiro atoms. The Hall–Kier alpha value is -3.42. The maximum absolute atomic E-state index is 12.6. The van der Waals surface area contributed by atoms with Crippen molar-refractivity contribution in [3.63, 3.8) is 0 Å². The lowest BCUT2D eigenvalue weighted by Crippen LogP contribution is -2.09. The first-order chi connectivity index (χ1) is 13.5. The molecule has 1 aliphatic rings. The molecule has 1 heterocycles. The van der Waals surface area contributed by atoms with Gasteiger partial charge >= 0.3 is 11.9 Å². The van der Waals surface area contributed by atoms with Crippen LogP contribution in [0.15, 0.2) is 24.3 Å². The molecule has 148 valence electrons. The summed E-state index contributed by atoms with van der Waals surface area (Å²) in [7, 11) is 7.15. The topological polar surface area (TPSA) is 89.5 Å². The van der Waals surface area contributed by atoms with Crippen LogP contribution in [0.2, 0.25) is 0 Å². The van der Waals surface area contributed by atoms with Crippen molar-refractivity contribution >= 4 is 11.9 Å². The van der Waals surface area contributed by atoms with Gasteiger partial charge in [-0.2, -0.15) is 0 Å². The molecule has 0 radical (unpaired) electrons. The van der Waals surface area contributed by atoms with Gasteiger partial charge in [0.05, 0.1) is 46.7 Å². The van der Waals surface area contributed by atoms with Crippen molar-refractivity contribution in [2.45, 2.75) is 6.10 Å². The Morgan fingerprint density at radius 2 is 1.46 bits per heavy atom. The average molecular weight is 388 g/mol. The Labute approximate surface area is 161 Å². The first kappa shape index (κ1) is 19.3. The summed E-state index contributed by atoms with van der Waals surface area (Å²) in [4.78, 5) is 24.5. The number of fused-ring (bicyclic) bond motifs is 1. The molecular weight excluding hydrogens is 368 g/mol. The third-order valence-corrected chi connectivity index (χ3v) is 4.50. The lowest BCUT2D eigenvalue weighted by molar-refractivity contribution is 0.0445. The van der Waals surface area contributed by atoms with Gasteiger partial charge in [0, 0.05) is 11.6 Å². The lowest BCUT2D eigenvalue weighted by atomic mass is 9.95. The molecule has 28 heavy (non-hydrogen) atoms. The molecule has 8 nitrogen and oxygen atoms in total. The zero-order valence-corrected chi connectivity index (χ0v) is 16.2. The monoisotopic (exact) mass is 388 g/mol. The van der Waals surface area contributed by atoms with Crippen LogP contribution in [0, 0.1) is 0 Å². The number of carbonyl (C=O) groups is 2. The van der Waals surface area contributed by atoms with Gasteiger partial charge < -0.3 is 28.4 Å². The molecule has 0 aliphatic carbocycles. The Morgan fingerprint density at radius 3 is 1.96 bits per heavy atom. The summed E-state index contributed by atoms with van der Waals surface area (Å²) in [5.41, 5.74) is 1.55. The predicted molar refractivity (Wildman–Crippen MR) is 97.7 cm³/mol. The first-order valence-electron chi connectivity index (χ1n) is 8.30. The summed E-state index contributed by atoms with van der Waals surface area (Å²) >= 11 is 0. The van der Waals surface area contributed by atoms with Crippen LogP contribution < -0.4 is 18.9 Å². The van der Waals surface area contributed by atoms with Gasteiger partial charge in [-0.1, -0.05) is 0 Å². The van der Waals surface area contributed by atoms with Gasteiger partial charge in [-0.3, -0.25) is 0 Å². The summed E-state index contributed by atoms with van der Waals surface area (Å²) in [6.45, 7) is 0. The number of hydrogen-bond acceptors (Lipinski definition) is 8. The maximum atomic E-state index is 12.6. The van der Waals surface area contributed by atoms with Gasteiger partial charge in [0.15, 0.2) is 6.10 Å². The van der Waals surface area contributed by atoms with E-state index in [4.69, 9.17) is 28.4 Å². The normalized spacial score (nSPS) is 14.8. The second kappa shape index (κ2) is 7.67. The molecule has 0 bridgehead atoms. The highest BCUT2D eigenvalue weighted by molar-refractivity contribution is 5.98. The summed E-state index contributed by atoms with van der Waals surface area (Å²) in [6.07, 6.45) is -0.830. The third kappa shape index (κ3) is 3.06. The average Bonchev–Trinajstić information content (AvgIpc) is 3.07. The van der Waals surface area contributed by atoms with Gasteiger partial charge in [-0.05, 0) is 18.2 Å². The minimum Gasteiger partial charge on any atom is -0.497 e. The highest BCUT2D eigenvalue weighted by Crippen LogP contribution is 2.48. The predicted octanol–water partition coefficient (Wildman–Crippen LogP) is 2.77. The molecule has 0 amide bonds. The Balaban J connectivity index is 2.24. The van der Waals surface area contributed by atoms with Crippen molar-refractivity contribution < 1.29 is 38.0 Å². The molecule has 0 fully saturated rings. The van der Waals surface area contributed by atoms with Crippen molar-refractivity contribution in [2.75, 3.05) is 35.5 Å². The Kier molecular flexibility index (Phi) is 5.30. The van der Waals surface area contributed by atoms with Crippen molar-refractivity contribution in [2.24, 2.45) is 0 Å². The van der Waals surface area contributed by atoms with E-state index < -0.39 is 18.0 Å². The molecule has 0 saturated carbocycles. The minimum atomic E-state index is -0.830. The molecule has 3 rings (SSSR count). The fourth-order valence-corrected chi connectivity index (χ4v) is 3.19. The lowest BCUT2D eigenvalue weighted by Gasteiger charge is -2.19. The number of rotatable bonds is 6. The molecule has 1 aliphatic heterocycles. The van der Waals surface area contributed by atoms with Gasteiger partial charge in [0.25, 0.3) is 0 Å². The molecule has 2 aromatic rings. The van der Waals surface area contributed by atoms with Gasteiger partial charge in [-0.25, -0.2) is 9.59 Å². The molecule has 2 aromatic carbocycles. The second-order valence-electron chi connectivity index (χ2n) is 5.87. The van der Waals surface area contributed by atoms with Crippen LogP contribution in [0.25, 0.3) is 0 Å². The van der Waals surface area contributed by atoms with Crippen LogP contribution in [-0.2, 0) is 9.47 Å². The zero-order chi connectivity index (χ0) is 20.4. The number of methoxy groups -OCH3 is 5. The largest absolute Gasteiger partial charge is 0.497 e. The van der Waals surface area contributed by atoms with Crippen LogP contribution in [0.4, 0.5) is 0 Å². The molecule has 1 atom stereocenters. The first-order valence-corrected chi connectivity index (χ1v) is 8.30. The van der Waals surface area contributed by atoms with Crippen molar-refractivity contribution in [1.29, 1.82) is 0 Å². The summed E-state index contributed by atoms with van der Waals surface area (Å²) < 4.78 is 31.9. The van der Waals surface area contributed by atoms with Crippen LogP contribution in [0.5, 0.6) is 23.0 Å². The van der Waals surface area contributed by atoms with E-state index in [1.165, 1.54) is 47.7 Å². The number of ether oxygens (including phenoxy) is 6. The van der Waals surface area contributed by atoms with E-state index in [1.807, 2.05) is 0 Å². The van der Waals surface area contributed by atoms with Gasteiger partial charge in [0.1, 0.15) is 28.6 Å². The number of benzene rings is 2. The van der Waals surface area contributed by atoms with Crippen LogP contribution in [-0.4, -0.2) is 47.5 Å². The summed E-state index contributed by atoms with van der Waals surface area (Å²) in [5, 5.41) is 0. The SMILES string of the molecule is COC(=O)c1cc(OC)c([C@H]2OC(=O)c3c(OC)cc(OC)cc32)c(OC)c1. The number of hydrogen-bond donors (Lipinski definition) is 0. The van der Waals surface area contributed by atoms with Crippen molar-refractivity contribution in [3.8, 4) is 23.0 Å². The standard InChI is InChI=1S/C20H20O8/c1-23-11-8-12-16(15(9-11)26-4)20(22)28-18(12)17-13(24-2)6-10(19(21)27-5)7-14(17)25-3/h6-9,18H,1-5H3/t18-/m0/s1. The van der Waals surface area contributed by atoms with Crippen molar-refractivity contribution in [1.82, 2.24) is 0 Å². The molecule has 0 saturated heterocycles. The Morgan fingerprint density at radius 1 is 0.857 bits per heavy atom. The number of cyclic esters (lactones) is 1. The van der Waals surface area contributed by atoms with Crippen LogP contribution in [0.3, 0.4) is 0 Å². The van der Waals surface area contributed by atoms with E-state index >= 15 is 0 Å². The fourth-order valence-electron chi connectivity index (χ4n) is 3.19. The van der Waals surface area contributed by atoms with Crippen molar-refractivity contribution in [3.05, 3.63) is 46.5 Å². The highest BCUT2D eigenvalue weighted by atomic mass is 16.6. The molecular formula is C20H20O8. The number of carbonyl (C=O) groups excluding carboxylic acids is 2. The smallest absolute Gasteiger partial charge is 0.343 e.